The molecule has 124 valence electrons. The number of fused-ring (bicyclic) bond motifs is 1. The molecule has 2 heterocycles. The van der Waals surface area contributed by atoms with Gasteiger partial charge in [0, 0.05) is 30.9 Å². The van der Waals surface area contributed by atoms with Crippen molar-refractivity contribution in [3.63, 3.8) is 0 Å². The van der Waals surface area contributed by atoms with Crippen LogP contribution in [0, 0.1) is 0 Å². The van der Waals surface area contributed by atoms with Crippen molar-refractivity contribution in [1.29, 1.82) is 0 Å². The van der Waals surface area contributed by atoms with E-state index in [9.17, 15) is 4.79 Å². The lowest BCUT2D eigenvalue weighted by Crippen LogP contribution is -2.26. The Morgan fingerprint density at radius 1 is 1.21 bits per heavy atom. The van der Waals surface area contributed by atoms with Crippen LogP contribution in [0.1, 0.15) is 12.0 Å². The third kappa shape index (κ3) is 3.93. The topological polar surface area (TPSA) is 56.1 Å². The number of rotatable bonds is 7. The van der Waals surface area contributed by atoms with Gasteiger partial charge in [-0.1, -0.05) is 12.1 Å². The SMILES string of the molecule is COc1ccc(CC(=O)NCCCn2ccc3cccnc32)cc1. The number of carbonyl (C=O) groups is 1. The van der Waals surface area contributed by atoms with Gasteiger partial charge >= 0.3 is 0 Å². The van der Waals surface area contributed by atoms with Crippen molar-refractivity contribution in [3.8, 4) is 5.75 Å². The van der Waals surface area contributed by atoms with Crippen LogP contribution in [0.15, 0.2) is 54.9 Å². The third-order valence-electron chi connectivity index (χ3n) is 3.94. The predicted molar refractivity (Wildman–Crippen MR) is 94.1 cm³/mol. The minimum atomic E-state index is 0.0376. The van der Waals surface area contributed by atoms with E-state index >= 15 is 0 Å². The van der Waals surface area contributed by atoms with Gasteiger partial charge in [-0.25, -0.2) is 4.98 Å². The number of ether oxygens (including phenoxy) is 1. The normalized spacial score (nSPS) is 10.7. The number of carbonyl (C=O) groups excluding carboxylic acids is 1. The zero-order valence-electron chi connectivity index (χ0n) is 13.7. The monoisotopic (exact) mass is 323 g/mol. The van der Waals surface area contributed by atoms with Gasteiger partial charge in [-0.15, -0.1) is 0 Å². The number of amides is 1. The molecular formula is C19H21N3O2. The molecule has 0 bridgehead atoms. The quantitative estimate of drug-likeness (QED) is 0.680. The Bertz CT molecular complexity index is 809. The molecule has 0 unspecified atom stereocenters. The summed E-state index contributed by atoms with van der Waals surface area (Å²) in [5.74, 6) is 0.836. The minimum absolute atomic E-state index is 0.0376. The first-order chi connectivity index (χ1) is 11.8. The second-order valence-electron chi connectivity index (χ2n) is 5.65. The van der Waals surface area contributed by atoms with E-state index in [2.05, 4.69) is 27.0 Å². The minimum Gasteiger partial charge on any atom is -0.497 e. The van der Waals surface area contributed by atoms with Crippen molar-refractivity contribution >= 4 is 16.9 Å². The van der Waals surface area contributed by atoms with Gasteiger partial charge in [0.15, 0.2) is 0 Å². The number of aryl methyl sites for hydroxylation is 1. The van der Waals surface area contributed by atoms with Gasteiger partial charge in [-0.2, -0.15) is 0 Å². The van der Waals surface area contributed by atoms with Crippen molar-refractivity contribution in [2.75, 3.05) is 13.7 Å². The fraction of sp³-hybridized carbons (Fsp3) is 0.263. The number of hydrogen-bond acceptors (Lipinski definition) is 3. The van der Waals surface area contributed by atoms with Gasteiger partial charge in [0.2, 0.25) is 5.91 Å². The van der Waals surface area contributed by atoms with Crippen molar-refractivity contribution < 1.29 is 9.53 Å². The Balaban J connectivity index is 1.43. The molecule has 0 aliphatic heterocycles. The lowest BCUT2D eigenvalue weighted by Gasteiger charge is -2.07. The molecule has 5 heteroatoms. The molecule has 5 nitrogen and oxygen atoms in total. The predicted octanol–water partition coefficient (Wildman–Crippen LogP) is 2.79. The maximum Gasteiger partial charge on any atom is 0.224 e. The third-order valence-corrected chi connectivity index (χ3v) is 3.94. The van der Waals surface area contributed by atoms with Crippen LogP contribution >= 0.6 is 0 Å². The van der Waals surface area contributed by atoms with Crippen LogP contribution in [0.4, 0.5) is 0 Å². The Kier molecular flexibility index (Phi) is 5.11. The van der Waals surface area contributed by atoms with E-state index in [-0.39, 0.29) is 5.91 Å². The lowest BCUT2D eigenvalue weighted by molar-refractivity contribution is -0.120. The highest BCUT2D eigenvalue weighted by atomic mass is 16.5. The first kappa shape index (κ1) is 16.1. The number of hydrogen-bond donors (Lipinski definition) is 1. The van der Waals surface area contributed by atoms with Crippen molar-refractivity contribution in [3.05, 3.63) is 60.4 Å². The molecule has 1 amide bonds. The van der Waals surface area contributed by atoms with E-state index < -0.39 is 0 Å². The number of benzene rings is 1. The number of aromatic nitrogens is 2. The molecule has 24 heavy (non-hydrogen) atoms. The lowest BCUT2D eigenvalue weighted by atomic mass is 10.1. The summed E-state index contributed by atoms with van der Waals surface area (Å²) in [7, 11) is 1.63. The Morgan fingerprint density at radius 2 is 2.04 bits per heavy atom. The fourth-order valence-corrected chi connectivity index (χ4v) is 2.67. The van der Waals surface area contributed by atoms with Gasteiger partial charge in [0.25, 0.3) is 0 Å². The second-order valence-corrected chi connectivity index (χ2v) is 5.65. The van der Waals surface area contributed by atoms with Crippen LogP contribution in [0.2, 0.25) is 0 Å². The number of methoxy groups -OCH3 is 1. The van der Waals surface area contributed by atoms with Crippen LogP contribution < -0.4 is 10.1 Å². The summed E-state index contributed by atoms with van der Waals surface area (Å²) in [5.41, 5.74) is 1.97. The molecule has 3 aromatic rings. The highest BCUT2D eigenvalue weighted by Gasteiger charge is 2.04. The Hall–Kier alpha value is -2.82. The van der Waals surface area contributed by atoms with Gasteiger partial charge in [0.1, 0.15) is 11.4 Å². The molecule has 1 N–H and O–H groups in total. The van der Waals surface area contributed by atoms with E-state index in [0.29, 0.717) is 13.0 Å². The van der Waals surface area contributed by atoms with Crippen LogP contribution in [-0.4, -0.2) is 29.1 Å². The van der Waals surface area contributed by atoms with E-state index in [1.54, 1.807) is 13.3 Å². The highest BCUT2D eigenvalue weighted by Crippen LogP contribution is 2.13. The Morgan fingerprint density at radius 3 is 2.83 bits per heavy atom. The van der Waals surface area contributed by atoms with E-state index in [0.717, 1.165) is 35.3 Å². The largest absolute Gasteiger partial charge is 0.497 e. The van der Waals surface area contributed by atoms with Gasteiger partial charge in [-0.05, 0) is 42.3 Å². The zero-order valence-corrected chi connectivity index (χ0v) is 13.7. The molecular weight excluding hydrogens is 302 g/mol. The average Bonchev–Trinajstić information content (AvgIpc) is 3.03. The van der Waals surface area contributed by atoms with Crippen molar-refractivity contribution in [1.82, 2.24) is 14.9 Å². The van der Waals surface area contributed by atoms with Gasteiger partial charge in [-0.3, -0.25) is 4.79 Å². The maximum atomic E-state index is 12.0. The highest BCUT2D eigenvalue weighted by molar-refractivity contribution is 5.78. The van der Waals surface area contributed by atoms with Crippen LogP contribution in [0.5, 0.6) is 5.75 Å². The molecule has 0 saturated carbocycles. The van der Waals surface area contributed by atoms with Crippen molar-refractivity contribution in [2.45, 2.75) is 19.4 Å². The molecule has 0 saturated heterocycles. The van der Waals surface area contributed by atoms with E-state index in [4.69, 9.17) is 4.74 Å². The van der Waals surface area contributed by atoms with E-state index in [1.165, 1.54) is 0 Å². The molecule has 0 spiro atoms. The standard InChI is InChI=1S/C19H21N3O2/c1-24-17-7-5-15(6-8-17)14-18(23)20-11-3-12-22-13-9-16-4-2-10-21-19(16)22/h2,4-10,13H,3,11-12,14H2,1H3,(H,20,23). The summed E-state index contributed by atoms with van der Waals surface area (Å²) in [6, 6.07) is 13.6. The van der Waals surface area contributed by atoms with Crippen molar-refractivity contribution in [2.24, 2.45) is 0 Å². The van der Waals surface area contributed by atoms with Crippen LogP contribution in [0.25, 0.3) is 11.0 Å². The summed E-state index contributed by atoms with van der Waals surface area (Å²) in [6.07, 6.45) is 5.10. The molecule has 2 aromatic heterocycles. The first-order valence-corrected chi connectivity index (χ1v) is 8.06. The summed E-state index contributed by atoms with van der Waals surface area (Å²) >= 11 is 0. The number of nitrogens with one attached hydrogen (secondary N) is 1. The zero-order chi connectivity index (χ0) is 16.8. The molecule has 0 fully saturated rings. The molecule has 3 rings (SSSR count). The second kappa shape index (κ2) is 7.64. The number of nitrogens with zero attached hydrogens (tertiary/aromatic N) is 2. The van der Waals surface area contributed by atoms with Crippen LogP contribution in [0.3, 0.4) is 0 Å². The van der Waals surface area contributed by atoms with E-state index in [1.807, 2.05) is 36.5 Å². The molecule has 0 atom stereocenters. The maximum absolute atomic E-state index is 12.0. The first-order valence-electron chi connectivity index (χ1n) is 8.06. The molecule has 0 radical (unpaired) electrons. The fourth-order valence-electron chi connectivity index (χ4n) is 2.67. The average molecular weight is 323 g/mol. The molecule has 1 aromatic carbocycles. The molecule has 0 aliphatic rings. The summed E-state index contributed by atoms with van der Waals surface area (Å²) in [6.45, 7) is 1.49. The Labute approximate surface area is 141 Å². The number of pyridine rings is 1. The molecule has 0 aliphatic carbocycles. The van der Waals surface area contributed by atoms with Crippen LogP contribution in [-0.2, 0) is 17.8 Å². The summed E-state index contributed by atoms with van der Waals surface area (Å²) in [4.78, 5) is 16.4. The summed E-state index contributed by atoms with van der Waals surface area (Å²) < 4.78 is 7.23. The smallest absolute Gasteiger partial charge is 0.224 e. The summed E-state index contributed by atoms with van der Waals surface area (Å²) in [5, 5.41) is 4.11. The van der Waals surface area contributed by atoms with Gasteiger partial charge < -0.3 is 14.6 Å². The van der Waals surface area contributed by atoms with Gasteiger partial charge in [0.05, 0.1) is 13.5 Å².